The molecule has 18 heavy (non-hydrogen) atoms. The van der Waals surface area contributed by atoms with Crippen LogP contribution in [0.4, 0.5) is 5.95 Å². The number of ether oxygens (including phenoxy) is 1. The fourth-order valence-corrected chi connectivity index (χ4v) is 2.03. The van der Waals surface area contributed by atoms with Gasteiger partial charge in [-0.3, -0.25) is 0 Å². The van der Waals surface area contributed by atoms with Gasteiger partial charge in [-0.05, 0) is 12.5 Å². The molecule has 0 bridgehead atoms. The van der Waals surface area contributed by atoms with Gasteiger partial charge in [-0.1, -0.05) is 11.6 Å². The number of halogens is 1. The normalized spacial score (nSPS) is 13.1. The fourth-order valence-electron chi connectivity index (χ4n) is 1.79. The van der Waals surface area contributed by atoms with E-state index in [1.807, 2.05) is 16.8 Å². The van der Waals surface area contributed by atoms with Crippen molar-refractivity contribution in [3.8, 4) is 0 Å². The van der Waals surface area contributed by atoms with Crippen molar-refractivity contribution in [2.75, 3.05) is 19.5 Å². The van der Waals surface area contributed by atoms with Crippen LogP contribution in [0.3, 0.4) is 0 Å². The highest BCUT2D eigenvalue weighted by Gasteiger charge is 2.11. The lowest BCUT2D eigenvalue weighted by molar-refractivity contribution is 0.0405. The lowest BCUT2D eigenvalue weighted by Crippen LogP contribution is -2.18. The highest BCUT2D eigenvalue weighted by Crippen LogP contribution is 2.22. The molecule has 6 nitrogen and oxygen atoms in total. The van der Waals surface area contributed by atoms with Crippen molar-refractivity contribution in [3.05, 3.63) is 17.4 Å². The number of hydrogen-bond acceptors (Lipinski definition) is 5. The molecular formula is C11H15ClN4O2. The minimum atomic E-state index is -0.183. The molecule has 7 heteroatoms. The number of rotatable bonds is 5. The van der Waals surface area contributed by atoms with Crippen molar-refractivity contribution in [3.63, 3.8) is 0 Å². The maximum absolute atomic E-state index is 9.06. The molecule has 0 aliphatic carbocycles. The van der Waals surface area contributed by atoms with Crippen LogP contribution in [0, 0.1) is 0 Å². The highest BCUT2D eigenvalue weighted by atomic mass is 35.5. The summed E-state index contributed by atoms with van der Waals surface area (Å²) in [6.45, 7) is 0.656. The summed E-state index contributed by atoms with van der Waals surface area (Å²) in [5.41, 5.74) is 6.27. The van der Waals surface area contributed by atoms with E-state index in [4.69, 9.17) is 27.2 Å². The Hall–Kier alpha value is -1.37. The first-order valence-electron chi connectivity index (χ1n) is 5.57. The number of nitrogens with two attached hydrogens (primary N) is 1. The predicted molar refractivity (Wildman–Crippen MR) is 69.5 cm³/mol. The zero-order valence-electron chi connectivity index (χ0n) is 10.0. The lowest BCUT2D eigenvalue weighted by atomic mass is 10.2. The number of aromatic nitrogens is 3. The third-order valence-electron chi connectivity index (χ3n) is 2.82. The van der Waals surface area contributed by atoms with Gasteiger partial charge in [-0.2, -0.15) is 4.98 Å². The van der Waals surface area contributed by atoms with E-state index in [1.54, 1.807) is 7.11 Å². The molecule has 0 aliphatic heterocycles. The van der Waals surface area contributed by atoms with Crippen molar-refractivity contribution in [2.45, 2.75) is 19.1 Å². The number of hydrogen-bond donors (Lipinski definition) is 2. The van der Waals surface area contributed by atoms with Crippen molar-refractivity contribution in [1.29, 1.82) is 0 Å². The largest absolute Gasteiger partial charge is 0.394 e. The Morgan fingerprint density at radius 2 is 2.33 bits per heavy atom. The molecule has 0 radical (unpaired) electrons. The Morgan fingerprint density at radius 3 is 3.00 bits per heavy atom. The van der Waals surface area contributed by atoms with E-state index in [2.05, 4.69) is 9.97 Å². The van der Waals surface area contributed by atoms with E-state index in [0.717, 1.165) is 5.39 Å². The maximum Gasteiger partial charge on any atom is 0.223 e. The first-order chi connectivity index (χ1) is 8.65. The van der Waals surface area contributed by atoms with Crippen LogP contribution in [0.15, 0.2) is 12.3 Å². The summed E-state index contributed by atoms with van der Waals surface area (Å²) in [5, 5.41) is 10.2. The Morgan fingerprint density at radius 1 is 1.56 bits per heavy atom. The second kappa shape index (κ2) is 5.51. The van der Waals surface area contributed by atoms with Gasteiger partial charge in [-0.15, -0.1) is 0 Å². The number of nitrogen functional groups attached to an aromatic ring is 1. The third kappa shape index (κ3) is 2.55. The number of methoxy groups -OCH3 is 1. The van der Waals surface area contributed by atoms with Gasteiger partial charge in [0.05, 0.1) is 18.1 Å². The number of fused-ring (bicyclic) bond motifs is 1. The molecule has 1 atom stereocenters. The Kier molecular flexibility index (Phi) is 4.00. The second-order valence-corrected chi connectivity index (χ2v) is 4.31. The van der Waals surface area contributed by atoms with Crippen LogP contribution in [0.5, 0.6) is 0 Å². The van der Waals surface area contributed by atoms with Crippen molar-refractivity contribution in [2.24, 2.45) is 0 Å². The average Bonchev–Trinajstić information content (AvgIpc) is 2.74. The molecule has 3 N–H and O–H groups in total. The summed E-state index contributed by atoms with van der Waals surface area (Å²) in [6, 6.07) is 1.85. The number of aliphatic hydroxyl groups is 1. The smallest absolute Gasteiger partial charge is 0.223 e. The maximum atomic E-state index is 9.06. The molecule has 0 amide bonds. The van der Waals surface area contributed by atoms with Gasteiger partial charge in [0.2, 0.25) is 5.95 Å². The summed E-state index contributed by atoms with van der Waals surface area (Å²) < 4.78 is 7.03. The average molecular weight is 271 g/mol. The molecular weight excluding hydrogens is 256 g/mol. The van der Waals surface area contributed by atoms with Gasteiger partial charge >= 0.3 is 0 Å². The monoisotopic (exact) mass is 270 g/mol. The minimum absolute atomic E-state index is 0.00637. The Bertz CT molecular complexity index is 539. The van der Waals surface area contributed by atoms with Gasteiger partial charge in [0.25, 0.3) is 0 Å². The summed E-state index contributed by atoms with van der Waals surface area (Å²) in [6.07, 6.45) is 2.37. The van der Waals surface area contributed by atoms with E-state index in [-0.39, 0.29) is 18.7 Å². The summed E-state index contributed by atoms with van der Waals surface area (Å²) in [7, 11) is 1.58. The molecule has 2 aromatic rings. The molecule has 0 spiro atoms. The van der Waals surface area contributed by atoms with Gasteiger partial charge in [0.1, 0.15) is 10.8 Å². The van der Waals surface area contributed by atoms with E-state index in [1.165, 1.54) is 0 Å². The third-order valence-corrected chi connectivity index (χ3v) is 3.11. The molecule has 0 aliphatic rings. The first-order valence-corrected chi connectivity index (χ1v) is 5.95. The van der Waals surface area contributed by atoms with E-state index in [0.29, 0.717) is 23.8 Å². The Balaban J connectivity index is 2.24. The molecule has 0 aromatic carbocycles. The van der Waals surface area contributed by atoms with Crippen molar-refractivity contribution >= 4 is 28.6 Å². The van der Waals surface area contributed by atoms with Gasteiger partial charge in [-0.25, -0.2) is 4.98 Å². The minimum Gasteiger partial charge on any atom is -0.394 e. The van der Waals surface area contributed by atoms with Crippen molar-refractivity contribution < 1.29 is 9.84 Å². The molecule has 0 saturated carbocycles. The Labute approximate surface area is 109 Å². The van der Waals surface area contributed by atoms with Crippen LogP contribution < -0.4 is 5.73 Å². The molecule has 0 fully saturated rings. The van der Waals surface area contributed by atoms with Gasteiger partial charge < -0.3 is 20.1 Å². The zero-order chi connectivity index (χ0) is 13.1. The molecule has 0 saturated heterocycles. The number of aliphatic hydroxyl groups excluding tert-OH is 1. The zero-order valence-corrected chi connectivity index (χ0v) is 10.8. The molecule has 98 valence electrons. The molecule has 2 aromatic heterocycles. The second-order valence-electron chi connectivity index (χ2n) is 3.95. The topological polar surface area (TPSA) is 86.2 Å². The summed E-state index contributed by atoms with van der Waals surface area (Å²) >= 11 is 5.98. The molecule has 2 heterocycles. The van der Waals surface area contributed by atoms with E-state index in [9.17, 15) is 0 Å². The van der Waals surface area contributed by atoms with Gasteiger partial charge in [0.15, 0.2) is 0 Å². The number of nitrogens with zero attached hydrogens (tertiary/aromatic N) is 3. The van der Waals surface area contributed by atoms with E-state index < -0.39 is 0 Å². The summed E-state index contributed by atoms with van der Waals surface area (Å²) in [5.74, 6) is 0.151. The fraction of sp³-hybridized carbons (Fsp3) is 0.455. The lowest BCUT2D eigenvalue weighted by Gasteiger charge is -2.12. The van der Waals surface area contributed by atoms with Crippen molar-refractivity contribution in [1.82, 2.24) is 14.5 Å². The van der Waals surface area contributed by atoms with Crippen LogP contribution >= 0.6 is 11.6 Å². The van der Waals surface area contributed by atoms with Crippen LogP contribution in [0.25, 0.3) is 11.0 Å². The van der Waals surface area contributed by atoms with Gasteiger partial charge in [0, 0.05) is 19.9 Å². The number of anilines is 1. The van der Waals surface area contributed by atoms with Crippen LogP contribution in [-0.2, 0) is 11.3 Å². The standard InChI is InChI=1S/C11H15ClN4O2/c1-18-7(6-17)2-4-16-5-3-8-9(12)14-11(13)15-10(8)16/h3,5,7,17H,2,4,6H2,1H3,(H2,13,14,15). The first kappa shape index (κ1) is 13.1. The van der Waals surface area contributed by atoms with Crippen LogP contribution in [0.1, 0.15) is 6.42 Å². The predicted octanol–water partition coefficient (Wildman–Crippen LogP) is 1.06. The SMILES string of the molecule is COC(CO)CCn1ccc2c(Cl)nc(N)nc21. The summed E-state index contributed by atoms with van der Waals surface area (Å²) in [4.78, 5) is 8.06. The van der Waals surface area contributed by atoms with Crippen LogP contribution in [-0.4, -0.2) is 39.5 Å². The molecule has 1 unspecified atom stereocenters. The quantitative estimate of drug-likeness (QED) is 0.794. The van der Waals surface area contributed by atoms with Crippen LogP contribution in [0.2, 0.25) is 5.15 Å². The molecule has 2 rings (SSSR count). The highest BCUT2D eigenvalue weighted by molar-refractivity contribution is 6.34. The number of aryl methyl sites for hydroxylation is 1. The van der Waals surface area contributed by atoms with E-state index >= 15 is 0 Å².